The highest BCUT2D eigenvalue weighted by atomic mass is 32.2. The first-order valence-electron chi connectivity index (χ1n) is 7.80. The SMILES string of the molecule is Cc1cccc(SC2CCOC(c3ccc(C(F)(F)F)cn3)C2)c1. The third-order valence-corrected chi connectivity index (χ3v) is 5.26. The van der Waals surface area contributed by atoms with Crippen LogP contribution in [-0.2, 0) is 10.9 Å². The molecule has 2 heterocycles. The fourth-order valence-corrected chi connectivity index (χ4v) is 4.01. The summed E-state index contributed by atoms with van der Waals surface area (Å²) in [6.45, 7) is 2.65. The zero-order valence-electron chi connectivity index (χ0n) is 13.2. The molecule has 0 radical (unpaired) electrons. The van der Waals surface area contributed by atoms with Gasteiger partial charge in [0.15, 0.2) is 0 Å². The number of hydrogen-bond acceptors (Lipinski definition) is 3. The molecule has 6 heteroatoms. The smallest absolute Gasteiger partial charge is 0.372 e. The molecule has 2 atom stereocenters. The molecule has 0 N–H and O–H groups in total. The Bertz CT molecular complexity index is 687. The van der Waals surface area contributed by atoms with Gasteiger partial charge in [-0.25, -0.2) is 0 Å². The van der Waals surface area contributed by atoms with Crippen LogP contribution in [0.5, 0.6) is 0 Å². The van der Waals surface area contributed by atoms with Gasteiger partial charge < -0.3 is 4.74 Å². The maximum Gasteiger partial charge on any atom is 0.417 e. The number of halogens is 3. The van der Waals surface area contributed by atoms with E-state index < -0.39 is 11.7 Å². The Balaban J connectivity index is 1.67. The minimum absolute atomic E-state index is 0.247. The van der Waals surface area contributed by atoms with Crippen molar-refractivity contribution in [2.24, 2.45) is 0 Å². The third-order valence-electron chi connectivity index (χ3n) is 3.97. The molecule has 0 aliphatic carbocycles. The van der Waals surface area contributed by atoms with Crippen LogP contribution >= 0.6 is 11.8 Å². The number of hydrogen-bond donors (Lipinski definition) is 0. The van der Waals surface area contributed by atoms with Crippen LogP contribution in [0.4, 0.5) is 13.2 Å². The van der Waals surface area contributed by atoms with Crippen LogP contribution in [0.3, 0.4) is 0 Å². The van der Waals surface area contributed by atoms with Crippen molar-refractivity contribution < 1.29 is 17.9 Å². The van der Waals surface area contributed by atoms with Crippen LogP contribution < -0.4 is 0 Å². The van der Waals surface area contributed by atoms with Gasteiger partial charge in [0, 0.05) is 22.9 Å². The average Bonchev–Trinajstić information content (AvgIpc) is 2.54. The lowest BCUT2D eigenvalue weighted by molar-refractivity contribution is -0.137. The first-order valence-corrected chi connectivity index (χ1v) is 8.68. The summed E-state index contributed by atoms with van der Waals surface area (Å²) in [4.78, 5) is 5.18. The summed E-state index contributed by atoms with van der Waals surface area (Å²) in [5.41, 5.74) is 1.05. The highest BCUT2D eigenvalue weighted by Gasteiger charge is 2.32. The average molecular weight is 353 g/mol. The van der Waals surface area contributed by atoms with Gasteiger partial charge in [0.2, 0.25) is 0 Å². The number of aryl methyl sites for hydroxylation is 1. The standard InChI is InChI=1S/C18H18F3NOS/c1-12-3-2-4-14(9-12)24-15-7-8-23-17(10-15)16-6-5-13(11-22-16)18(19,20)21/h2-6,9,11,15,17H,7-8,10H2,1H3. The van der Waals surface area contributed by atoms with Crippen LogP contribution in [0.2, 0.25) is 0 Å². The minimum Gasteiger partial charge on any atom is -0.372 e. The molecule has 3 rings (SSSR count). The van der Waals surface area contributed by atoms with Gasteiger partial charge in [-0.1, -0.05) is 17.7 Å². The lowest BCUT2D eigenvalue weighted by Crippen LogP contribution is -2.22. The molecule has 128 valence electrons. The normalized spacial score (nSPS) is 21.7. The fourth-order valence-electron chi connectivity index (χ4n) is 2.72. The van der Waals surface area contributed by atoms with Crippen LogP contribution in [0, 0.1) is 6.92 Å². The fraction of sp³-hybridized carbons (Fsp3) is 0.389. The second kappa shape index (κ2) is 7.15. The summed E-state index contributed by atoms with van der Waals surface area (Å²) >= 11 is 1.80. The highest BCUT2D eigenvalue weighted by Crippen LogP contribution is 2.37. The van der Waals surface area contributed by atoms with Crippen molar-refractivity contribution in [3.63, 3.8) is 0 Å². The first kappa shape index (κ1) is 17.3. The largest absolute Gasteiger partial charge is 0.417 e. The van der Waals surface area contributed by atoms with Crippen molar-refractivity contribution in [2.75, 3.05) is 6.61 Å². The zero-order valence-corrected chi connectivity index (χ0v) is 14.0. The predicted octanol–water partition coefficient (Wildman–Crippen LogP) is 5.42. The molecular weight excluding hydrogens is 335 g/mol. The number of thioether (sulfide) groups is 1. The number of pyridine rings is 1. The van der Waals surface area contributed by atoms with E-state index in [1.807, 2.05) is 6.07 Å². The van der Waals surface area contributed by atoms with Gasteiger partial charge in [0.25, 0.3) is 0 Å². The maximum atomic E-state index is 12.6. The number of alkyl halides is 3. The predicted molar refractivity (Wildman–Crippen MR) is 88.0 cm³/mol. The molecule has 1 saturated heterocycles. The Labute approximate surface area is 143 Å². The van der Waals surface area contributed by atoms with E-state index in [0.29, 0.717) is 17.6 Å². The van der Waals surface area contributed by atoms with Crippen LogP contribution in [0.1, 0.15) is 35.8 Å². The summed E-state index contributed by atoms with van der Waals surface area (Å²) in [6, 6.07) is 10.8. The Kier molecular flexibility index (Phi) is 5.15. The molecule has 0 amide bonds. The minimum atomic E-state index is -4.36. The van der Waals surface area contributed by atoms with Crippen LogP contribution in [-0.4, -0.2) is 16.8 Å². The molecular formula is C18H18F3NOS. The monoisotopic (exact) mass is 353 g/mol. The number of rotatable bonds is 3. The first-order chi connectivity index (χ1) is 11.4. The van der Waals surface area contributed by atoms with Gasteiger partial charge >= 0.3 is 6.18 Å². The van der Waals surface area contributed by atoms with Crippen molar-refractivity contribution >= 4 is 11.8 Å². The molecule has 1 aromatic carbocycles. The van der Waals surface area contributed by atoms with Crippen molar-refractivity contribution in [1.29, 1.82) is 0 Å². The van der Waals surface area contributed by atoms with Gasteiger partial charge in [-0.2, -0.15) is 13.2 Å². The number of benzene rings is 1. The van der Waals surface area contributed by atoms with Gasteiger partial charge in [0.05, 0.1) is 11.3 Å². The Morgan fingerprint density at radius 2 is 2.04 bits per heavy atom. The van der Waals surface area contributed by atoms with Gasteiger partial charge in [-0.3, -0.25) is 4.98 Å². The molecule has 1 aromatic heterocycles. The topological polar surface area (TPSA) is 22.1 Å². The van der Waals surface area contributed by atoms with Crippen molar-refractivity contribution in [3.05, 3.63) is 59.4 Å². The van der Waals surface area contributed by atoms with Gasteiger partial charge in [-0.15, -0.1) is 11.8 Å². The molecule has 1 fully saturated rings. The summed E-state index contributed by atoms with van der Waals surface area (Å²) < 4.78 is 43.6. The molecule has 1 aliphatic rings. The highest BCUT2D eigenvalue weighted by molar-refractivity contribution is 8.00. The van der Waals surface area contributed by atoms with E-state index in [0.717, 1.165) is 25.1 Å². The van der Waals surface area contributed by atoms with E-state index in [2.05, 4.69) is 30.1 Å². The molecule has 1 aliphatic heterocycles. The van der Waals surface area contributed by atoms with E-state index >= 15 is 0 Å². The molecule has 0 saturated carbocycles. The second-order valence-electron chi connectivity index (χ2n) is 5.91. The lowest BCUT2D eigenvalue weighted by Gasteiger charge is -2.29. The number of nitrogens with zero attached hydrogens (tertiary/aromatic N) is 1. The van der Waals surface area contributed by atoms with E-state index in [-0.39, 0.29) is 6.10 Å². The Hall–Kier alpha value is -1.53. The molecule has 0 bridgehead atoms. The quantitative estimate of drug-likeness (QED) is 0.735. The number of aromatic nitrogens is 1. The molecule has 24 heavy (non-hydrogen) atoms. The zero-order chi connectivity index (χ0) is 17.2. The van der Waals surface area contributed by atoms with Crippen molar-refractivity contribution in [3.8, 4) is 0 Å². The summed E-state index contributed by atoms with van der Waals surface area (Å²) in [6.07, 6.45) is -2.05. The summed E-state index contributed by atoms with van der Waals surface area (Å²) in [5, 5.41) is 0.370. The maximum absolute atomic E-state index is 12.6. The lowest BCUT2D eigenvalue weighted by atomic mass is 10.0. The number of ether oxygens (including phenoxy) is 1. The summed E-state index contributed by atoms with van der Waals surface area (Å²) in [5.74, 6) is 0. The van der Waals surface area contributed by atoms with Gasteiger partial charge in [0.1, 0.15) is 6.10 Å². The van der Waals surface area contributed by atoms with Crippen molar-refractivity contribution in [2.45, 2.75) is 42.2 Å². The third kappa shape index (κ3) is 4.30. The molecule has 2 nitrogen and oxygen atoms in total. The van der Waals surface area contributed by atoms with Crippen LogP contribution in [0.25, 0.3) is 0 Å². The summed E-state index contributed by atoms with van der Waals surface area (Å²) in [7, 11) is 0. The molecule has 2 unspecified atom stereocenters. The second-order valence-corrected chi connectivity index (χ2v) is 7.28. The Morgan fingerprint density at radius 3 is 2.71 bits per heavy atom. The van der Waals surface area contributed by atoms with E-state index in [1.54, 1.807) is 11.8 Å². The Morgan fingerprint density at radius 1 is 1.21 bits per heavy atom. The van der Waals surface area contributed by atoms with E-state index in [9.17, 15) is 13.2 Å². The van der Waals surface area contributed by atoms with Crippen molar-refractivity contribution in [1.82, 2.24) is 4.98 Å². The molecule has 2 aromatic rings. The van der Waals surface area contributed by atoms with E-state index in [1.165, 1.54) is 16.5 Å². The van der Waals surface area contributed by atoms with E-state index in [4.69, 9.17) is 4.74 Å². The molecule has 0 spiro atoms. The van der Waals surface area contributed by atoms with Crippen LogP contribution in [0.15, 0.2) is 47.5 Å². The van der Waals surface area contributed by atoms with Gasteiger partial charge in [-0.05, 0) is 44.0 Å².